The summed E-state index contributed by atoms with van der Waals surface area (Å²) in [7, 11) is 0. The molecule has 3 aromatic rings. The summed E-state index contributed by atoms with van der Waals surface area (Å²) in [6, 6.07) is 6.67. The van der Waals surface area contributed by atoms with Crippen molar-refractivity contribution >= 4 is 51.7 Å². The van der Waals surface area contributed by atoms with Gasteiger partial charge >= 0.3 is 0 Å². The Labute approximate surface area is 148 Å². The van der Waals surface area contributed by atoms with Crippen LogP contribution in [0.3, 0.4) is 0 Å². The van der Waals surface area contributed by atoms with E-state index in [-0.39, 0.29) is 0 Å². The Balaban J connectivity index is 1.87. The number of thiophene rings is 1. The van der Waals surface area contributed by atoms with E-state index < -0.39 is 0 Å². The summed E-state index contributed by atoms with van der Waals surface area (Å²) in [6.45, 7) is 4.87. The summed E-state index contributed by atoms with van der Waals surface area (Å²) in [5, 5.41) is 5.96. The van der Waals surface area contributed by atoms with Crippen LogP contribution in [0.5, 0.6) is 0 Å². The number of oxazole rings is 1. The first-order valence-corrected chi connectivity index (χ1v) is 9.08. The minimum absolute atomic E-state index is 0.334. The van der Waals surface area contributed by atoms with Gasteiger partial charge in [-0.2, -0.15) is 4.98 Å². The lowest BCUT2D eigenvalue weighted by Crippen LogP contribution is -2.50. The Morgan fingerprint density at radius 3 is 2.96 bits per heavy atom. The lowest BCUT2D eigenvalue weighted by Gasteiger charge is -2.32. The third kappa shape index (κ3) is 2.72. The van der Waals surface area contributed by atoms with Crippen molar-refractivity contribution in [1.29, 1.82) is 0 Å². The van der Waals surface area contributed by atoms with Crippen LogP contribution in [0.1, 0.15) is 6.92 Å². The molecule has 120 valence electrons. The van der Waals surface area contributed by atoms with E-state index in [0.717, 1.165) is 46.2 Å². The molecule has 0 unspecified atom stereocenters. The fraction of sp³-hybridized carbons (Fsp3) is 0.312. The van der Waals surface area contributed by atoms with Gasteiger partial charge in [-0.25, -0.2) is 0 Å². The number of nitrogens with one attached hydrogen (secondary N) is 1. The average Bonchev–Trinajstić information content (AvgIpc) is 3.13. The first kappa shape index (κ1) is 15.3. The number of hydrogen-bond acceptors (Lipinski definition) is 5. The number of fused-ring (bicyclic) bond motifs is 1. The highest BCUT2D eigenvalue weighted by Crippen LogP contribution is 2.40. The molecule has 0 saturated carbocycles. The molecule has 4 rings (SSSR count). The number of nitrogens with zero attached hydrogens (tertiary/aromatic N) is 2. The molecule has 1 saturated heterocycles. The summed E-state index contributed by atoms with van der Waals surface area (Å²) >= 11 is 14.1. The summed E-state index contributed by atoms with van der Waals surface area (Å²) in [5.74, 6) is 0. The first-order valence-electron chi connectivity index (χ1n) is 7.44. The predicted octanol–water partition coefficient (Wildman–Crippen LogP) is 4.66. The van der Waals surface area contributed by atoms with E-state index in [2.05, 4.69) is 22.1 Å². The fourth-order valence-electron chi connectivity index (χ4n) is 2.92. The van der Waals surface area contributed by atoms with E-state index >= 15 is 0 Å². The number of anilines is 1. The van der Waals surface area contributed by atoms with Crippen LogP contribution < -0.4 is 10.2 Å². The molecule has 3 heterocycles. The van der Waals surface area contributed by atoms with Crippen molar-refractivity contribution in [3.63, 3.8) is 0 Å². The molecule has 1 N–H and O–H groups in total. The Bertz CT molecular complexity index is 860. The van der Waals surface area contributed by atoms with Crippen LogP contribution in [0.25, 0.3) is 22.2 Å². The number of piperazine rings is 1. The third-order valence-corrected chi connectivity index (χ3v) is 5.49. The van der Waals surface area contributed by atoms with E-state index in [0.29, 0.717) is 17.1 Å². The minimum atomic E-state index is 0.334. The summed E-state index contributed by atoms with van der Waals surface area (Å²) < 4.78 is 6.84. The molecule has 0 amide bonds. The molecule has 1 atom stereocenters. The minimum Gasteiger partial charge on any atom is -0.423 e. The monoisotopic (exact) mass is 367 g/mol. The van der Waals surface area contributed by atoms with Crippen LogP contribution in [-0.4, -0.2) is 30.7 Å². The van der Waals surface area contributed by atoms with Crippen molar-refractivity contribution in [2.75, 3.05) is 24.5 Å². The second-order valence-electron chi connectivity index (χ2n) is 5.65. The van der Waals surface area contributed by atoms with Gasteiger partial charge in [0.25, 0.3) is 6.01 Å². The van der Waals surface area contributed by atoms with Crippen molar-refractivity contribution in [2.24, 2.45) is 0 Å². The Morgan fingerprint density at radius 1 is 1.35 bits per heavy atom. The molecular formula is C16H15Cl2N3OS. The van der Waals surface area contributed by atoms with Gasteiger partial charge in [-0.05, 0) is 30.5 Å². The van der Waals surface area contributed by atoms with E-state index in [9.17, 15) is 0 Å². The standard InChI is InChI=1S/C16H15Cl2N3OS/c1-9-8-19-3-4-21(9)16-20-13-7-10(17)6-12(14(13)22-16)11-2-5-23-15(11)18/h2,5-7,9,19H,3-4,8H2,1H3/t9-/m0/s1. The second kappa shape index (κ2) is 5.98. The lowest BCUT2D eigenvalue weighted by atomic mass is 10.1. The Hall–Kier alpha value is -1.27. The molecule has 0 spiro atoms. The Morgan fingerprint density at radius 2 is 2.22 bits per heavy atom. The molecule has 23 heavy (non-hydrogen) atoms. The predicted molar refractivity (Wildman–Crippen MR) is 97.0 cm³/mol. The SMILES string of the molecule is C[C@H]1CNCCN1c1nc2cc(Cl)cc(-c3ccsc3Cl)c2o1. The zero-order valence-corrected chi connectivity index (χ0v) is 14.8. The molecule has 0 radical (unpaired) electrons. The van der Waals surface area contributed by atoms with E-state index in [1.54, 1.807) is 0 Å². The Kier molecular flexibility index (Phi) is 3.97. The topological polar surface area (TPSA) is 41.3 Å². The highest BCUT2D eigenvalue weighted by molar-refractivity contribution is 7.15. The van der Waals surface area contributed by atoms with Gasteiger partial charge in [0.05, 0.1) is 0 Å². The van der Waals surface area contributed by atoms with Crippen LogP contribution in [0.4, 0.5) is 6.01 Å². The fourth-order valence-corrected chi connectivity index (χ4v) is 4.08. The summed E-state index contributed by atoms with van der Waals surface area (Å²) in [6.07, 6.45) is 0. The van der Waals surface area contributed by atoms with Crippen molar-refractivity contribution in [2.45, 2.75) is 13.0 Å². The van der Waals surface area contributed by atoms with Crippen molar-refractivity contribution in [3.05, 3.63) is 32.9 Å². The van der Waals surface area contributed by atoms with Gasteiger partial charge in [-0.15, -0.1) is 11.3 Å². The quantitative estimate of drug-likeness (QED) is 0.714. The second-order valence-corrected chi connectivity index (χ2v) is 7.61. The maximum Gasteiger partial charge on any atom is 0.298 e. The van der Waals surface area contributed by atoms with Crippen molar-refractivity contribution < 1.29 is 4.42 Å². The van der Waals surface area contributed by atoms with Crippen LogP contribution in [0, 0.1) is 0 Å². The first-order chi connectivity index (χ1) is 11.1. The molecule has 7 heteroatoms. The molecule has 4 nitrogen and oxygen atoms in total. The van der Waals surface area contributed by atoms with E-state index in [1.807, 2.05) is 23.6 Å². The van der Waals surface area contributed by atoms with Gasteiger partial charge in [0.1, 0.15) is 9.85 Å². The average molecular weight is 368 g/mol. The van der Waals surface area contributed by atoms with E-state index in [1.165, 1.54) is 11.3 Å². The maximum absolute atomic E-state index is 6.30. The van der Waals surface area contributed by atoms with Crippen LogP contribution in [0.15, 0.2) is 28.0 Å². The molecule has 1 aliphatic rings. The van der Waals surface area contributed by atoms with Gasteiger partial charge in [0, 0.05) is 41.8 Å². The van der Waals surface area contributed by atoms with Crippen LogP contribution in [0.2, 0.25) is 9.36 Å². The van der Waals surface area contributed by atoms with Gasteiger partial charge in [-0.3, -0.25) is 0 Å². The van der Waals surface area contributed by atoms with Gasteiger partial charge in [0.15, 0.2) is 5.58 Å². The molecule has 1 fully saturated rings. The number of aromatic nitrogens is 1. The lowest BCUT2D eigenvalue weighted by molar-refractivity contribution is 0.456. The molecular weight excluding hydrogens is 353 g/mol. The summed E-state index contributed by atoms with van der Waals surface area (Å²) in [4.78, 5) is 6.84. The van der Waals surface area contributed by atoms with Crippen molar-refractivity contribution in [3.8, 4) is 11.1 Å². The highest BCUT2D eigenvalue weighted by atomic mass is 35.5. The van der Waals surface area contributed by atoms with E-state index in [4.69, 9.17) is 27.6 Å². The smallest absolute Gasteiger partial charge is 0.298 e. The number of hydrogen-bond donors (Lipinski definition) is 1. The number of rotatable bonds is 2. The molecule has 1 aromatic carbocycles. The third-order valence-electron chi connectivity index (χ3n) is 4.10. The van der Waals surface area contributed by atoms with Gasteiger partial charge < -0.3 is 14.6 Å². The van der Waals surface area contributed by atoms with Crippen molar-refractivity contribution in [1.82, 2.24) is 10.3 Å². The molecule has 0 bridgehead atoms. The van der Waals surface area contributed by atoms with Crippen LogP contribution >= 0.6 is 34.5 Å². The number of halogens is 2. The summed E-state index contributed by atoms with van der Waals surface area (Å²) in [5.41, 5.74) is 3.31. The molecule has 2 aromatic heterocycles. The zero-order chi connectivity index (χ0) is 16.0. The van der Waals surface area contributed by atoms with Gasteiger partial charge in [0.2, 0.25) is 0 Å². The van der Waals surface area contributed by atoms with Gasteiger partial charge in [-0.1, -0.05) is 23.2 Å². The maximum atomic E-state index is 6.30. The van der Waals surface area contributed by atoms with Crippen LogP contribution in [-0.2, 0) is 0 Å². The highest BCUT2D eigenvalue weighted by Gasteiger charge is 2.24. The normalized spacial score (nSPS) is 18.7. The zero-order valence-electron chi connectivity index (χ0n) is 12.5. The largest absolute Gasteiger partial charge is 0.423 e. The molecule has 1 aliphatic heterocycles. The molecule has 0 aliphatic carbocycles. The number of benzene rings is 1.